The van der Waals surface area contributed by atoms with Gasteiger partial charge in [0.05, 0.1) is 13.2 Å². The number of benzene rings is 2. The lowest BCUT2D eigenvalue weighted by Crippen LogP contribution is -2.44. The molecule has 2 aromatic carbocycles. The number of fused-ring (bicyclic) bond motifs is 1. The first-order chi connectivity index (χ1) is 14.9. The van der Waals surface area contributed by atoms with Crippen LogP contribution in [-0.4, -0.2) is 37.6 Å². The maximum absolute atomic E-state index is 12.6. The Balaban J connectivity index is 1.70. The van der Waals surface area contributed by atoms with Crippen LogP contribution in [0.5, 0.6) is 11.5 Å². The quantitative estimate of drug-likeness (QED) is 0.545. The maximum atomic E-state index is 12.6. The van der Waals surface area contributed by atoms with Gasteiger partial charge >= 0.3 is 5.97 Å². The molecule has 0 unspecified atom stereocenters. The molecule has 2 aromatic rings. The summed E-state index contributed by atoms with van der Waals surface area (Å²) in [5, 5.41) is 5.36. The third-order valence-electron chi connectivity index (χ3n) is 4.60. The van der Waals surface area contributed by atoms with E-state index in [1.165, 1.54) is 20.1 Å². The monoisotopic (exact) mass is 424 g/mol. The van der Waals surface area contributed by atoms with Gasteiger partial charge in [0.1, 0.15) is 12.3 Å². The van der Waals surface area contributed by atoms with Crippen LogP contribution in [-0.2, 0) is 19.1 Å². The highest BCUT2D eigenvalue weighted by molar-refractivity contribution is 5.97. The van der Waals surface area contributed by atoms with E-state index in [0.717, 1.165) is 5.56 Å². The zero-order valence-corrected chi connectivity index (χ0v) is 17.5. The summed E-state index contributed by atoms with van der Waals surface area (Å²) in [7, 11) is 1.23. The summed E-state index contributed by atoms with van der Waals surface area (Å²) in [6.45, 7) is 3.24. The van der Waals surface area contributed by atoms with Crippen LogP contribution in [0.1, 0.15) is 31.0 Å². The second-order valence-corrected chi connectivity index (χ2v) is 7.00. The number of carbonyl (C=O) groups is 3. The van der Waals surface area contributed by atoms with E-state index in [9.17, 15) is 14.4 Å². The van der Waals surface area contributed by atoms with Gasteiger partial charge in [-0.15, -0.1) is 0 Å². The first kappa shape index (κ1) is 21.9. The lowest BCUT2D eigenvalue weighted by atomic mass is 10.1. The number of nitrogens with one attached hydrogen (secondary N) is 2. The Morgan fingerprint density at radius 1 is 1.13 bits per heavy atom. The van der Waals surface area contributed by atoms with E-state index < -0.39 is 18.0 Å². The van der Waals surface area contributed by atoms with Crippen LogP contribution in [0.4, 0.5) is 0 Å². The Hall–Kier alpha value is -3.81. The lowest BCUT2D eigenvalue weighted by molar-refractivity contribution is -0.137. The van der Waals surface area contributed by atoms with Gasteiger partial charge in [0.2, 0.25) is 12.0 Å². The zero-order valence-electron chi connectivity index (χ0n) is 17.5. The molecule has 0 fully saturated rings. The Morgan fingerprint density at radius 2 is 1.87 bits per heavy atom. The van der Waals surface area contributed by atoms with Crippen molar-refractivity contribution in [2.45, 2.75) is 26.0 Å². The molecule has 0 bridgehead atoms. The molecule has 3 rings (SSSR count). The molecular formula is C23H24N2O6. The van der Waals surface area contributed by atoms with Gasteiger partial charge in [0.15, 0.2) is 11.5 Å². The van der Waals surface area contributed by atoms with Crippen LogP contribution >= 0.6 is 0 Å². The molecule has 162 valence electrons. The van der Waals surface area contributed by atoms with Gasteiger partial charge in [-0.2, -0.15) is 0 Å². The molecule has 0 spiro atoms. The Labute approximate surface area is 180 Å². The van der Waals surface area contributed by atoms with E-state index in [4.69, 9.17) is 9.47 Å². The molecule has 0 radical (unpaired) electrons. The molecule has 2 N–H and O–H groups in total. The van der Waals surface area contributed by atoms with Crippen molar-refractivity contribution in [2.24, 2.45) is 0 Å². The van der Waals surface area contributed by atoms with Gasteiger partial charge < -0.3 is 24.8 Å². The summed E-state index contributed by atoms with van der Waals surface area (Å²) in [6.07, 6.45) is 0.682. The van der Waals surface area contributed by atoms with Crippen LogP contribution in [0.2, 0.25) is 0 Å². The average Bonchev–Trinajstić information content (AvgIpc) is 2.77. The fraction of sp³-hybridized carbons (Fsp3) is 0.261. The largest absolute Gasteiger partial charge is 0.485 e. The SMILES string of the molecule is COC(=O)/C(=C\c1ccc2c(c1)OC[C@H](C(=O)N[C@@H](C)c1ccccc1)O2)NC(C)=O. The second kappa shape index (κ2) is 9.80. The number of methoxy groups -OCH3 is 1. The minimum atomic E-state index is -0.787. The highest BCUT2D eigenvalue weighted by atomic mass is 16.6. The second-order valence-electron chi connectivity index (χ2n) is 7.00. The highest BCUT2D eigenvalue weighted by Gasteiger charge is 2.28. The molecule has 1 heterocycles. The van der Waals surface area contributed by atoms with Gasteiger partial charge in [-0.05, 0) is 36.3 Å². The van der Waals surface area contributed by atoms with Crippen molar-refractivity contribution in [2.75, 3.05) is 13.7 Å². The molecule has 2 amide bonds. The van der Waals surface area contributed by atoms with Crippen molar-refractivity contribution in [3.8, 4) is 11.5 Å². The van der Waals surface area contributed by atoms with E-state index in [0.29, 0.717) is 17.1 Å². The number of carbonyl (C=O) groups excluding carboxylic acids is 3. The van der Waals surface area contributed by atoms with E-state index in [2.05, 4.69) is 15.4 Å². The van der Waals surface area contributed by atoms with E-state index >= 15 is 0 Å². The topological polar surface area (TPSA) is 103 Å². The van der Waals surface area contributed by atoms with E-state index in [1.54, 1.807) is 18.2 Å². The maximum Gasteiger partial charge on any atom is 0.354 e. The van der Waals surface area contributed by atoms with Crippen molar-refractivity contribution in [3.05, 3.63) is 65.4 Å². The first-order valence-corrected chi connectivity index (χ1v) is 9.74. The van der Waals surface area contributed by atoms with Crippen LogP contribution in [0.3, 0.4) is 0 Å². The molecule has 0 aliphatic carbocycles. The first-order valence-electron chi connectivity index (χ1n) is 9.74. The summed E-state index contributed by atoms with van der Waals surface area (Å²) >= 11 is 0. The summed E-state index contributed by atoms with van der Waals surface area (Å²) in [4.78, 5) is 35.8. The predicted molar refractivity (Wildman–Crippen MR) is 113 cm³/mol. The summed E-state index contributed by atoms with van der Waals surface area (Å²) in [6, 6.07) is 14.4. The van der Waals surface area contributed by atoms with Gasteiger partial charge in [0.25, 0.3) is 5.91 Å². The normalized spacial score (nSPS) is 16.1. The molecule has 31 heavy (non-hydrogen) atoms. The van der Waals surface area contributed by atoms with Gasteiger partial charge in [0, 0.05) is 6.92 Å². The van der Waals surface area contributed by atoms with Gasteiger partial charge in [-0.1, -0.05) is 36.4 Å². The van der Waals surface area contributed by atoms with Crippen LogP contribution in [0.25, 0.3) is 6.08 Å². The third kappa shape index (κ3) is 5.63. The molecule has 8 heteroatoms. The van der Waals surface area contributed by atoms with Crippen molar-refractivity contribution in [3.63, 3.8) is 0 Å². The molecule has 1 aliphatic rings. The van der Waals surface area contributed by atoms with Crippen LogP contribution < -0.4 is 20.1 Å². The van der Waals surface area contributed by atoms with E-state index in [1.807, 2.05) is 37.3 Å². The fourth-order valence-electron chi connectivity index (χ4n) is 3.05. The Morgan fingerprint density at radius 3 is 2.55 bits per heavy atom. The number of ether oxygens (including phenoxy) is 3. The van der Waals surface area contributed by atoms with Gasteiger partial charge in [-0.25, -0.2) is 4.79 Å². The third-order valence-corrected chi connectivity index (χ3v) is 4.60. The average molecular weight is 424 g/mol. The highest BCUT2D eigenvalue weighted by Crippen LogP contribution is 2.33. The summed E-state index contributed by atoms with van der Waals surface area (Å²) < 4.78 is 16.2. The van der Waals surface area contributed by atoms with Crippen LogP contribution in [0, 0.1) is 0 Å². The molecule has 0 saturated heterocycles. The molecule has 0 saturated carbocycles. The standard InChI is InChI=1S/C23H24N2O6/c1-14(17-7-5-4-6-8-17)24-22(27)21-13-30-20-12-16(9-10-19(20)31-21)11-18(23(28)29-3)25-15(2)26/h4-12,14,21H,13H2,1-3H3,(H,24,27)(H,25,26)/b18-11+/t14-,21+/m0/s1. The smallest absolute Gasteiger partial charge is 0.354 e. The molecule has 1 aliphatic heterocycles. The van der Waals surface area contributed by atoms with Crippen molar-refractivity contribution in [1.82, 2.24) is 10.6 Å². The predicted octanol–water partition coefficient (Wildman–Crippen LogP) is 2.35. The summed E-state index contributed by atoms with van der Waals surface area (Å²) in [5.41, 5.74) is 1.58. The van der Waals surface area contributed by atoms with Gasteiger partial charge in [-0.3, -0.25) is 9.59 Å². The molecule has 2 atom stereocenters. The zero-order chi connectivity index (χ0) is 22.4. The number of amides is 2. The van der Waals surface area contributed by atoms with Crippen molar-refractivity contribution in [1.29, 1.82) is 0 Å². The lowest BCUT2D eigenvalue weighted by Gasteiger charge is -2.27. The minimum absolute atomic E-state index is 0.00108. The van der Waals surface area contributed by atoms with Crippen molar-refractivity contribution < 1.29 is 28.6 Å². The number of hydrogen-bond acceptors (Lipinski definition) is 6. The Kier molecular flexibility index (Phi) is 6.92. The number of rotatable bonds is 6. The molecular weight excluding hydrogens is 400 g/mol. The van der Waals surface area contributed by atoms with Crippen molar-refractivity contribution >= 4 is 23.9 Å². The molecule has 8 nitrogen and oxygen atoms in total. The Bertz CT molecular complexity index is 1000. The fourth-order valence-corrected chi connectivity index (χ4v) is 3.05. The summed E-state index contributed by atoms with van der Waals surface area (Å²) in [5.74, 6) is -0.497. The van der Waals surface area contributed by atoms with Crippen LogP contribution in [0.15, 0.2) is 54.2 Å². The minimum Gasteiger partial charge on any atom is -0.485 e. The molecule has 0 aromatic heterocycles. The number of hydrogen-bond donors (Lipinski definition) is 2. The number of esters is 1. The van der Waals surface area contributed by atoms with E-state index in [-0.39, 0.29) is 24.3 Å².